The van der Waals surface area contributed by atoms with Crippen molar-refractivity contribution >= 4 is 16.4 Å². The van der Waals surface area contributed by atoms with Crippen LogP contribution in [0.4, 0.5) is 0 Å². The number of rotatable bonds is 42. The summed E-state index contributed by atoms with van der Waals surface area (Å²) in [6.45, 7) is 3.87. The van der Waals surface area contributed by atoms with Gasteiger partial charge in [-0.05, 0) is 51.4 Å². The Kier molecular flexibility index (Phi) is 38.0. The van der Waals surface area contributed by atoms with Crippen LogP contribution in [0.1, 0.15) is 194 Å². The number of carbonyl (C=O) groups is 1. The SMILES string of the molecule is CC/C=C\C/C=C\C/C=C\C/C=C\CCCCCCCCCOCC(COC1OC(CO)C(O)C(OS(=O)(=O)O)C1O)OC(=O)CCCCCCCCCCCCCCCCC. The third kappa shape index (κ3) is 33.6. The second kappa shape index (κ2) is 40.6. The molecule has 362 valence electrons. The standard InChI is InChI=1S/C49H88O12S/c1-3-5-7-9-11-13-15-17-19-20-21-22-23-25-27-29-31-33-35-37-39-57-41-43(42-58-49-47(53)48(61-62(54,55)56)46(52)44(40-50)60-49)59-45(51)38-36-34-32-30-28-26-24-18-16-14-12-10-8-6-4-2/h5,7,11,13,17,19,21-22,43-44,46-50,52-53H,3-4,6,8-10,12,14-16,18,20,23-42H2,1-2H3,(H,54,55,56)/b7-5-,13-11-,19-17-,22-21-. The average molecular weight is 901 g/mol. The zero-order valence-corrected chi connectivity index (χ0v) is 39.5. The lowest BCUT2D eigenvalue weighted by Crippen LogP contribution is -2.60. The Balaban J connectivity index is 2.39. The lowest BCUT2D eigenvalue weighted by molar-refractivity contribution is -0.301. The van der Waals surface area contributed by atoms with Crippen molar-refractivity contribution in [2.24, 2.45) is 0 Å². The minimum absolute atomic E-state index is 0.0295. The number of aliphatic hydroxyl groups is 3. The van der Waals surface area contributed by atoms with Gasteiger partial charge in [-0.2, -0.15) is 8.42 Å². The molecule has 12 nitrogen and oxygen atoms in total. The highest BCUT2D eigenvalue weighted by Crippen LogP contribution is 2.26. The van der Waals surface area contributed by atoms with Crippen LogP contribution in [-0.2, 0) is 38.3 Å². The van der Waals surface area contributed by atoms with E-state index in [4.69, 9.17) is 18.9 Å². The van der Waals surface area contributed by atoms with Gasteiger partial charge in [0.05, 0.1) is 19.8 Å². The molecule has 0 aromatic carbocycles. The Morgan fingerprint density at radius 3 is 1.63 bits per heavy atom. The number of unbranched alkanes of at least 4 members (excludes halogenated alkanes) is 21. The normalized spacial score (nSPS) is 20.4. The molecule has 1 saturated heterocycles. The lowest BCUT2D eigenvalue weighted by Gasteiger charge is -2.41. The van der Waals surface area contributed by atoms with Crippen LogP contribution in [-0.4, -0.2) is 97.5 Å². The van der Waals surface area contributed by atoms with E-state index in [1.54, 1.807) is 0 Å². The van der Waals surface area contributed by atoms with E-state index in [2.05, 4.69) is 66.6 Å². The molecule has 0 spiro atoms. The summed E-state index contributed by atoms with van der Waals surface area (Å²) in [5, 5.41) is 30.7. The van der Waals surface area contributed by atoms with Gasteiger partial charge in [-0.25, -0.2) is 4.18 Å². The summed E-state index contributed by atoms with van der Waals surface area (Å²) in [4.78, 5) is 12.9. The number of ether oxygens (including phenoxy) is 4. The van der Waals surface area contributed by atoms with Crippen molar-refractivity contribution in [1.82, 2.24) is 0 Å². The maximum atomic E-state index is 12.9. The van der Waals surface area contributed by atoms with Gasteiger partial charge in [0.15, 0.2) is 6.29 Å². The summed E-state index contributed by atoms with van der Waals surface area (Å²) >= 11 is 0. The summed E-state index contributed by atoms with van der Waals surface area (Å²) in [5.41, 5.74) is 0. The number of hydrogen-bond acceptors (Lipinski definition) is 11. The summed E-state index contributed by atoms with van der Waals surface area (Å²) in [7, 11) is -5.06. The van der Waals surface area contributed by atoms with Crippen molar-refractivity contribution in [2.75, 3.05) is 26.4 Å². The molecule has 1 heterocycles. The topological polar surface area (TPSA) is 178 Å². The Bertz CT molecular complexity index is 1270. The predicted octanol–water partition coefficient (Wildman–Crippen LogP) is 10.7. The third-order valence-corrected chi connectivity index (χ3v) is 11.4. The molecule has 6 unspecified atom stereocenters. The molecule has 0 radical (unpaired) electrons. The van der Waals surface area contributed by atoms with Crippen molar-refractivity contribution < 1.29 is 56.2 Å². The Morgan fingerprint density at radius 2 is 1.11 bits per heavy atom. The lowest BCUT2D eigenvalue weighted by atomic mass is 9.99. The molecule has 6 atom stereocenters. The average Bonchev–Trinajstić information content (AvgIpc) is 3.24. The van der Waals surface area contributed by atoms with E-state index in [1.807, 2.05) is 0 Å². The van der Waals surface area contributed by atoms with Crippen molar-refractivity contribution in [1.29, 1.82) is 0 Å². The summed E-state index contributed by atoms with van der Waals surface area (Å²) in [6, 6.07) is 0. The molecule has 0 aromatic rings. The molecule has 1 rings (SSSR count). The van der Waals surface area contributed by atoms with Gasteiger partial charge in [0, 0.05) is 13.0 Å². The molecule has 0 bridgehead atoms. The summed E-state index contributed by atoms with van der Waals surface area (Å²) in [5.74, 6) is -0.403. The quantitative estimate of drug-likeness (QED) is 0.0198. The molecule has 4 N–H and O–H groups in total. The maximum absolute atomic E-state index is 12.9. The first kappa shape index (κ1) is 58.1. The van der Waals surface area contributed by atoms with Crippen molar-refractivity contribution in [3.05, 3.63) is 48.6 Å². The number of esters is 1. The van der Waals surface area contributed by atoms with Crippen LogP contribution in [0.5, 0.6) is 0 Å². The van der Waals surface area contributed by atoms with E-state index in [9.17, 15) is 33.1 Å². The molecule has 0 aliphatic carbocycles. The van der Waals surface area contributed by atoms with E-state index in [0.29, 0.717) is 13.0 Å². The van der Waals surface area contributed by atoms with Crippen LogP contribution >= 0.6 is 0 Å². The minimum Gasteiger partial charge on any atom is -0.457 e. The Hall–Kier alpha value is -1.94. The van der Waals surface area contributed by atoms with Crippen molar-refractivity contribution in [3.63, 3.8) is 0 Å². The zero-order valence-electron chi connectivity index (χ0n) is 38.7. The van der Waals surface area contributed by atoms with Crippen LogP contribution in [0.2, 0.25) is 0 Å². The van der Waals surface area contributed by atoms with Gasteiger partial charge in [0.25, 0.3) is 0 Å². The van der Waals surface area contributed by atoms with E-state index in [0.717, 1.165) is 77.0 Å². The molecule has 0 saturated carbocycles. The van der Waals surface area contributed by atoms with Crippen LogP contribution in [0.3, 0.4) is 0 Å². The van der Waals surface area contributed by atoms with Crippen molar-refractivity contribution in [2.45, 2.75) is 230 Å². The number of hydrogen-bond donors (Lipinski definition) is 4. The van der Waals surface area contributed by atoms with Gasteiger partial charge in [0.1, 0.15) is 30.5 Å². The van der Waals surface area contributed by atoms with Gasteiger partial charge < -0.3 is 34.3 Å². The fourth-order valence-electron chi connectivity index (χ4n) is 7.31. The van der Waals surface area contributed by atoms with Gasteiger partial charge in [-0.1, -0.05) is 184 Å². The fourth-order valence-corrected chi connectivity index (χ4v) is 7.82. The molecule has 1 fully saturated rings. The van der Waals surface area contributed by atoms with Crippen LogP contribution in [0, 0.1) is 0 Å². The second-order valence-corrected chi connectivity index (χ2v) is 17.7. The second-order valence-electron chi connectivity index (χ2n) is 16.7. The van der Waals surface area contributed by atoms with Gasteiger partial charge >= 0.3 is 16.4 Å². The first-order valence-electron chi connectivity index (χ1n) is 24.4. The molecule has 62 heavy (non-hydrogen) atoms. The van der Waals surface area contributed by atoms with E-state index < -0.39 is 59.8 Å². The first-order valence-corrected chi connectivity index (χ1v) is 25.8. The minimum atomic E-state index is -5.06. The van der Waals surface area contributed by atoms with Crippen molar-refractivity contribution in [3.8, 4) is 0 Å². The molecular formula is C49H88O12S. The Labute approximate surface area is 376 Å². The summed E-state index contributed by atoms with van der Waals surface area (Å²) < 4.78 is 59.2. The molecule has 0 amide bonds. The highest BCUT2D eigenvalue weighted by molar-refractivity contribution is 7.80. The number of carbonyl (C=O) groups excluding carboxylic acids is 1. The molecular weight excluding hydrogens is 813 g/mol. The van der Waals surface area contributed by atoms with Crippen LogP contribution in [0.25, 0.3) is 0 Å². The van der Waals surface area contributed by atoms with Gasteiger partial charge in [-0.15, -0.1) is 0 Å². The highest BCUT2D eigenvalue weighted by Gasteiger charge is 2.48. The smallest absolute Gasteiger partial charge is 0.397 e. The van der Waals surface area contributed by atoms with E-state index in [-0.39, 0.29) is 19.6 Å². The molecule has 13 heteroatoms. The largest absolute Gasteiger partial charge is 0.457 e. The van der Waals surface area contributed by atoms with Crippen LogP contribution in [0.15, 0.2) is 48.6 Å². The van der Waals surface area contributed by atoms with E-state index in [1.165, 1.54) is 89.9 Å². The maximum Gasteiger partial charge on any atom is 0.397 e. The summed E-state index contributed by atoms with van der Waals surface area (Å²) in [6.07, 6.45) is 39.9. The van der Waals surface area contributed by atoms with E-state index >= 15 is 0 Å². The fraction of sp³-hybridized carbons (Fsp3) is 0.816. The molecule has 0 aromatic heterocycles. The third-order valence-electron chi connectivity index (χ3n) is 11.0. The highest BCUT2D eigenvalue weighted by atomic mass is 32.3. The number of allylic oxidation sites excluding steroid dienone is 8. The molecule has 1 aliphatic rings. The van der Waals surface area contributed by atoms with Crippen LogP contribution < -0.4 is 0 Å². The Morgan fingerprint density at radius 1 is 0.629 bits per heavy atom. The van der Waals surface area contributed by atoms with Gasteiger partial charge in [0.2, 0.25) is 0 Å². The number of aliphatic hydroxyl groups excluding tert-OH is 3. The van der Waals surface area contributed by atoms with Gasteiger partial charge in [-0.3, -0.25) is 9.35 Å². The monoisotopic (exact) mass is 901 g/mol. The first-order chi connectivity index (χ1) is 30.1. The molecule has 1 aliphatic heterocycles. The predicted molar refractivity (Wildman–Crippen MR) is 248 cm³/mol. The zero-order chi connectivity index (χ0) is 45.4.